The van der Waals surface area contributed by atoms with Gasteiger partial charge < -0.3 is 4.74 Å². The Balaban J connectivity index is 1.86. The summed E-state index contributed by atoms with van der Waals surface area (Å²) in [5.74, 6) is 0.250. The van der Waals surface area contributed by atoms with Gasteiger partial charge in [0.2, 0.25) is 0 Å². The minimum Gasteiger partial charge on any atom is -0.462 e. The lowest BCUT2D eigenvalue weighted by Gasteiger charge is -2.25. The number of rotatable bonds is 11. The molecule has 118 valence electrons. The first-order valence-corrected chi connectivity index (χ1v) is 8.94. The number of hydrogen-bond acceptors (Lipinski definition) is 2. The van der Waals surface area contributed by atoms with E-state index in [1.165, 1.54) is 64.2 Å². The fraction of sp³-hybridized carbons (Fsp3) is 0.944. The predicted octanol–water partition coefficient (Wildman–Crippen LogP) is 5.64. The summed E-state index contributed by atoms with van der Waals surface area (Å²) in [5, 5.41) is 0. The number of esters is 1. The molecule has 1 saturated heterocycles. The van der Waals surface area contributed by atoms with Crippen molar-refractivity contribution in [2.75, 3.05) is 0 Å². The van der Waals surface area contributed by atoms with Crippen LogP contribution in [0.3, 0.4) is 0 Å². The summed E-state index contributed by atoms with van der Waals surface area (Å²) in [4.78, 5) is 11.7. The van der Waals surface area contributed by atoms with Crippen molar-refractivity contribution in [1.82, 2.24) is 0 Å². The SMILES string of the molecule is CCCCCCCCCCCCC1CCC(C)OC1=O. The second-order valence-corrected chi connectivity index (χ2v) is 6.49. The molecule has 0 aromatic heterocycles. The molecule has 0 saturated carbocycles. The largest absolute Gasteiger partial charge is 0.462 e. The molecule has 2 atom stereocenters. The van der Waals surface area contributed by atoms with Crippen molar-refractivity contribution in [3.63, 3.8) is 0 Å². The Morgan fingerprint density at radius 3 is 2.00 bits per heavy atom. The second kappa shape index (κ2) is 11.2. The molecule has 0 aliphatic carbocycles. The van der Waals surface area contributed by atoms with E-state index in [2.05, 4.69) is 6.92 Å². The molecule has 0 aromatic rings. The maximum absolute atomic E-state index is 11.7. The van der Waals surface area contributed by atoms with E-state index < -0.39 is 0 Å². The number of carbonyl (C=O) groups excluding carboxylic acids is 1. The van der Waals surface area contributed by atoms with Crippen LogP contribution in [0.2, 0.25) is 0 Å². The van der Waals surface area contributed by atoms with Crippen LogP contribution in [0.25, 0.3) is 0 Å². The van der Waals surface area contributed by atoms with Gasteiger partial charge in [-0.15, -0.1) is 0 Å². The van der Waals surface area contributed by atoms with Gasteiger partial charge in [-0.3, -0.25) is 4.79 Å². The highest BCUT2D eigenvalue weighted by Crippen LogP contribution is 2.25. The maximum Gasteiger partial charge on any atom is 0.309 e. The van der Waals surface area contributed by atoms with Gasteiger partial charge in [0.1, 0.15) is 0 Å². The Morgan fingerprint density at radius 1 is 0.900 bits per heavy atom. The molecule has 0 N–H and O–H groups in total. The van der Waals surface area contributed by atoms with Gasteiger partial charge in [-0.05, 0) is 26.2 Å². The van der Waals surface area contributed by atoms with Gasteiger partial charge in [-0.1, -0.05) is 71.1 Å². The topological polar surface area (TPSA) is 26.3 Å². The van der Waals surface area contributed by atoms with Crippen LogP contribution in [0, 0.1) is 5.92 Å². The minimum atomic E-state index is 0.0553. The van der Waals surface area contributed by atoms with E-state index >= 15 is 0 Å². The number of unbranched alkanes of at least 4 members (excludes halogenated alkanes) is 9. The zero-order valence-electron chi connectivity index (χ0n) is 13.7. The number of ether oxygens (including phenoxy) is 1. The third-order valence-corrected chi connectivity index (χ3v) is 4.48. The average Bonchev–Trinajstić information content (AvgIpc) is 2.43. The van der Waals surface area contributed by atoms with Crippen LogP contribution in [0.5, 0.6) is 0 Å². The molecule has 1 aliphatic heterocycles. The zero-order valence-corrected chi connectivity index (χ0v) is 13.7. The highest BCUT2D eigenvalue weighted by atomic mass is 16.5. The lowest BCUT2D eigenvalue weighted by atomic mass is 9.92. The molecule has 20 heavy (non-hydrogen) atoms. The third-order valence-electron chi connectivity index (χ3n) is 4.48. The Kier molecular flexibility index (Phi) is 9.78. The monoisotopic (exact) mass is 282 g/mol. The maximum atomic E-state index is 11.7. The molecule has 2 unspecified atom stereocenters. The first kappa shape index (κ1) is 17.5. The fourth-order valence-corrected chi connectivity index (χ4v) is 3.05. The van der Waals surface area contributed by atoms with E-state index in [0.29, 0.717) is 0 Å². The van der Waals surface area contributed by atoms with E-state index in [1.54, 1.807) is 0 Å². The summed E-state index contributed by atoms with van der Waals surface area (Å²) in [6, 6.07) is 0. The summed E-state index contributed by atoms with van der Waals surface area (Å²) in [6.45, 7) is 4.26. The lowest BCUT2D eigenvalue weighted by molar-refractivity contribution is -0.159. The van der Waals surface area contributed by atoms with Crippen molar-refractivity contribution in [3.05, 3.63) is 0 Å². The van der Waals surface area contributed by atoms with Crippen LogP contribution < -0.4 is 0 Å². The Hall–Kier alpha value is -0.530. The molecule has 1 aliphatic rings. The standard InChI is InChI=1S/C18H34O2/c1-3-4-5-6-7-8-9-10-11-12-13-17-15-14-16(2)20-18(17)19/h16-17H,3-15H2,1-2H3. The molecule has 0 radical (unpaired) electrons. The summed E-state index contributed by atoms with van der Waals surface area (Å²) in [6.07, 6.45) is 16.8. The quantitative estimate of drug-likeness (QED) is 0.362. The first-order valence-electron chi connectivity index (χ1n) is 8.94. The minimum absolute atomic E-state index is 0.0553. The Bertz CT molecular complexity index is 250. The smallest absolute Gasteiger partial charge is 0.309 e. The second-order valence-electron chi connectivity index (χ2n) is 6.49. The van der Waals surface area contributed by atoms with Gasteiger partial charge in [0.25, 0.3) is 0 Å². The van der Waals surface area contributed by atoms with Gasteiger partial charge >= 0.3 is 5.97 Å². The van der Waals surface area contributed by atoms with Crippen LogP contribution in [0.15, 0.2) is 0 Å². The normalized spacial score (nSPS) is 22.8. The molecule has 2 heteroatoms. The summed E-state index contributed by atoms with van der Waals surface area (Å²) >= 11 is 0. The van der Waals surface area contributed by atoms with Crippen molar-refractivity contribution in [2.24, 2.45) is 5.92 Å². The van der Waals surface area contributed by atoms with Gasteiger partial charge in [0.05, 0.1) is 12.0 Å². The van der Waals surface area contributed by atoms with E-state index in [-0.39, 0.29) is 18.0 Å². The van der Waals surface area contributed by atoms with Crippen molar-refractivity contribution in [2.45, 2.75) is 103 Å². The van der Waals surface area contributed by atoms with E-state index in [1.807, 2.05) is 6.92 Å². The van der Waals surface area contributed by atoms with Crippen LogP contribution in [-0.4, -0.2) is 12.1 Å². The lowest BCUT2D eigenvalue weighted by Crippen LogP contribution is -2.29. The van der Waals surface area contributed by atoms with Crippen LogP contribution in [0.4, 0.5) is 0 Å². The fourth-order valence-electron chi connectivity index (χ4n) is 3.05. The molecular formula is C18H34O2. The van der Waals surface area contributed by atoms with Crippen molar-refractivity contribution < 1.29 is 9.53 Å². The molecule has 0 spiro atoms. The number of hydrogen-bond donors (Lipinski definition) is 0. The molecule has 2 nitrogen and oxygen atoms in total. The zero-order chi connectivity index (χ0) is 14.6. The Morgan fingerprint density at radius 2 is 1.45 bits per heavy atom. The highest BCUT2D eigenvalue weighted by molar-refractivity contribution is 5.73. The Labute approximate surface area is 125 Å². The summed E-state index contributed by atoms with van der Waals surface area (Å²) in [7, 11) is 0. The number of cyclic esters (lactones) is 1. The van der Waals surface area contributed by atoms with Crippen molar-refractivity contribution in [3.8, 4) is 0 Å². The van der Waals surface area contributed by atoms with Crippen LogP contribution in [0.1, 0.15) is 97.3 Å². The van der Waals surface area contributed by atoms with E-state index in [4.69, 9.17) is 4.74 Å². The predicted molar refractivity (Wildman–Crippen MR) is 84.7 cm³/mol. The molecule has 1 fully saturated rings. The number of carbonyl (C=O) groups is 1. The van der Waals surface area contributed by atoms with E-state index in [9.17, 15) is 4.79 Å². The molecule has 0 amide bonds. The molecule has 1 heterocycles. The van der Waals surface area contributed by atoms with Gasteiger partial charge in [0, 0.05) is 0 Å². The third kappa shape index (κ3) is 7.91. The molecule has 0 bridgehead atoms. The molecule has 1 rings (SSSR count). The van der Waals surface area contributed by atoms with Crippen LogP contribution >= 0.6 is 0 Å². The van der Waals surface area contributed by atoms with Crippen molar-refractivity contribution in [1.29, 1.82) is 0 Å². The highest BCUT2D eigenvalue weighted by Gasteiger charge is 2.26. The summed E-state index contributed by atoms with van der Waals surface area (Å²) < 4.78 is 5.30. The average molecular weight is 282 g/mol. The van der Waals surface area contributed by atoms with Crippen molar-refractivity contribution >= 4 is 5.97 Å². The first-order chi connectivity index (χ1) is 9.74. The van der Waals surface area contributed by atoms with Gasteiger partial charge in [-0.2, -0.15) is 0 Å². The van der Waals surface area contributed by atoms with Gasteiger partial charge in [0.15, 0.2) is 0 Å². The van der Waals surface area contributed by atoms with E-state index in [0.717, 1.165) is 19.3 Å². The van der Waals surface area contributed by atoms with Crippen LogP contribution in [-0.2, 0) is 9.53 Å². The molecule has 0 aromatic carbocycles. The molecular weight excluding hydrogens is 248 g/mol. The summed E-state index contributed by atoms with van der Waals surface area (Å²) in [5.41, 5.74) is 0. The van der Waals surface area contributed by atoms with Gasteiger partial charge in [-0.25, -0.2) is 0 Å².